The lowest BCUT2D eigenvalue weighted by Crippen LogP contribution is -2.60. The zero-order valence-electron chi connectivity index (χ0n) is 16.0. The van der Waals surface area contributed by atoms with E-state index in [4.69, 9.17) is 4.74 Å². The van der Waals surface area contributed by atoms with Crippen LogP contribution < -0.4 is 9.64 Å². The number of para-hydroxylation sites is 1. The lowest BCUT2D eigenvalue weighted by atomic mass is 9.74. The molecule has 5 nitrogen and oxygen atoms in total. The number of rotatable bonds is 3. The second kappa shape index (κ2) is 5.84. The Morgan fingerprint density at radius 1 is 1.33 bits per heavy atom. The van der Waals surface area contributed by atoms with Gasteiger partial charge in [-0.3, -0.25) is 10.1 Å². The Balaban J connectivity index is 1.86. The molecule has 140 valence electrons. The molecule has 0 amide bonds. The molecule has 0 saturated carbocycles. The van der Waals surface area contributed by atoms with E-state index in [0.29, 0.717) is 6.42 Å². The smallest absolute Gasteiger partial charge is 0.270 e. The van der Waals surface area contributed by atoms with Crippen molar-refractivity contribution >= 4 is 11.4 Å². The summed E-state index contributed by atoms with van der Waals surface area (Å²) in [6, 6.07) is 11.7. The predicted octanol–water partition coefficient (Wildman–Crippen LogP) is 4.77. The molecule has 0 radical (unpaired) electrons. The number of ether oxygens (including phenoxy) is 1. The largest absolute Gasteiger partial charge is 0.466 e. The number of aryl methyl sites for hydroxylation is 1. The first-order valence-corrected chi connectivity index (χ1v) is 9.25. The van der Waals surface area contributed by atoms with Crippen LogP contribution in [-0.2, 0) is 18.3 Å². The third-order valence-corrected chi connectivity index (χ3v) is 6.26. The van der Waals surface area contributed by atoms with Crippen LogP contribution in [0.3, 0.4) is 0 Å². The first kappa shape index (κ1) is 17.6. The fourth-order valence-corrected chi connectivity index (χ4v) is 4.78. The molecule has 0 saturated heterocycles. The van der Waals surface area contributed by atoms with Crippen LogP contribution in [0.4, 0.5) is 11.4 Å². The molecule has 0 N–H and O–H groups in total. The molecule has 4 rings (SSSR count). The van der Waals surface area contributed by atoms with Gasteiger partial charge in [0, 0.05) is 42.4 Å². The van der Waals surface area contributed by atoms with Gasteiger partial charge in [0.1, 0.15) is 5.75 Å². The molecule has 0 fully saturated rings. The summed E-state index contributed by atoms with van der Waals surface area (Å²) >= 11 is 0. The molecular weight excluding hydrogens is 340 g/mol. The molecule has 0 bridgehead atoms. The highest BCUT2D eigenvalue weighted by atomic mass is 16.6. The average molecular weight is 364 g/mol. The van der Waals surface area contributed by atoms with Crippen LogP contribution in [0.1, 0.15) is 37.0 Å². The number of anilines is 1. The van der Waals surface area contributed by atoms with Crippen molar-refractivity contribution in [1.82, 2.24) is 0 Å². The summed E-state index contributed by atoms with van der Waals surface area (Å²) in [6.07, 6.45) is 3.81. The van der Waals surface area contributed by atoms with Crippen LogP contribution >= 0.6 is 0 Å². The Hall–Kier alpha value is -2.82. The number of non-ortho nitro benzene ring substituents is 1. The number of fused-ring (bicyclic) bond motifs is 2. The molecule has 2 aliphatic heterocycles. The molecule has 2 aliphatic rings. The van der Waals surface area contributed by atoms with E-state index in [1.165, 1.54) is 11.3 Å². The number of likely N-dealkylation sites (N-methyl/N-ethyl adjacent to an activating group) is 1. The summed E-state index contributed by atoms with van der Waals surface area (Å²) in [5.41, 5.74) is 3.56. The van der Waals surface area contributed by atoms with E-state index in [1.54, 1.807) is 18.2 Å². The van der Waals surface area contributed by atoms with E-state index in [0.717, 1.165) is 29.7 Å². The maximum Gasteiger partial charge on any atom is 0.270 e. The van der Waals surface area contributed by atoms with Gasteiger partial charge in [0.05, 0.1) is 10.3 Å². The molecule has 1 atom stereocenters. The highest BCUT2D eigenvalue weighted by molar-refractivity contribution is 5.66. The van der Waals surface area contributed by atoms with Gasteiger partial charge in [0.2, 0.25) is 0 Å². The number of nitro benzene ring substituents is 1. The maximum atomic E-state index is 11.3. The monoisotopic (exact) mass is 364 g/mol. The summed E-state index contributed by atoms with van der Waals surface area (Å²) in [4.78, 5) is 13.2. The van der Waals surface area contributed by atoms with Gasteiger partial charge in [0.15, 0.2) is 5.72 Å². The van der Waals surface area contributed by atoms with Crippen LogP contribution in [0.5, 0.6) is 5.75 Å². The summed E-state index contributed by atoms with van der Waals surface area (Å²) < 4.78 is 6.76. The van der Waals surface area contributed by atoms with Crippen LogP contribution in [0.15, 0.2) is 49.1 Å². The minimum absolute atomic E-state index is 0.118. The molecule has 1 unspecified atom stereocenters. The zero-order chi connectivity index (χ0) is 19.4. The summed E-state index contributed by atoms with van der Waals surface area (Å²) in [7, 11) is 2.08. The second-order valence-electron chi connectivity index (χ2n) is 7.93. The van der Waals surface area contributed by atoms with Gasteiger partial charge in [-0.25, -0.2) is 0 Å². The van der Waals surface area contributed by atoms with Crippen molar-refractivity contribution in [2.24, 2.45) is 0 Å². The molecule has 5 heteroatoms. The third kappa shape index (κ3) is 2.30. The standard InChI is InChI=1S/C22H24N2O3/c1-5-8-15-13-17(24(25)26)14-16-11-12-22(27-20(15)16)21(2,3)18-9-6-7-10-19(18)23(22)4/h5-7,9-10,13-14H,1,8,11-12H2,2-4H3. The van der Waals surface area contributed by atoms with Crippen LogP contribution in [0, 0.1) is 10.1 Å². The molecule has 2 heterocycles. The molecule has 2 aromatic carbocycles. The Labute approximate surface area is 159 Å². The minimum Gasteiger partial charge on any atom is -0.466 e. The first-order chi connectivity index (χ1) is 12.8. The fraction of sp³-hybridized carbons (Fsp3) is 0.364. The lowest BCUT2D eigenvalue weighted by molar-refractivity contribution is -0.385. The number of hydrogen-bond acceptors (Lipinski definition) is 4. The topological polar surface area (TPSA) is 55.6 Å². The molecule has 0 aliphatic carbocycles. The third-order valence-electron chi connectivity index (χ3n) is 6.26. The number of nitro groups is 1. The Kier molecular flexibility index (Phi) is 3.81. The van der Waals surface area contributed by atoms with E-state index in [9.17, 15) is 10.1 Å². The first-order valence-electron chi connectivity index (χ1n) is 9.25. The number of allylic oxidation sites excluding steroid dienone is 1. The Morgan fingerprint density at radius 3 is 2.74 bits per heavy atom. The van der Waals surface area contributed by atoms with E-state index in [-0.39, 0.29) is 16.0 Å². The number of hydrogen-bond donors (Lipinski definition) is 0. The van der Waals surface area contributed by atoms with Crippen LogP contribution in [0.25, 0.3) is 0 Å². The van der Waals surface area contributed by atoms with Gasteiger partial charge >= 0.3 is 0 Å². The van der Waals surface area contributed by atoms with Crippen LogP contribution in [-0.4, -0.2) is 17.7 Å². The van der Waals surface area contributed by atoms with E-state index < -0.39 is 5.72 Å². The highest BCUT2D eigenvalue weighted by Crippen LogP contribution is 2.56. The van der Waals surface area contributed by atoms with Gasteiger partial charge in [0.25, 0.3) is 5.69 Å². The molecule has 27 heavy (non-hydrogen) atoms. The Bertz CT molecular complexity index is 951. The van der Waals surface area contributed by atoms with Crippen molar-refractivity contribution in [3.63, 3.8) is 0 Å². The van der Waals surface area contributed by atoms with Crippen LogP contribution in [0.2, 0.25) is 0 Å². The van der Waals surface area contributed by atoms with Crippen molar-refractivity contribution in [3.8, 4) is 5.75 Å². The normalized spacial score (nSPS) is 22.1. The maximum absolute atomic E-state index is 11.3. The van der Waals surface area contributed by atoms with Crippen molar-refractivity contribution in [1.29, 1.82) is 0 Å². The molecule has 0 aromatic heterocycles. The summed E-state index contributed by atoms with van der Waals surface area (Å²) in [6.45, 7) is 8.25. The number of nitrogens with zero attached hydrogens (tertiary/aromatic N) is 2. The van der Waals surface area contributed by atoms with Gasteiger partial charge in [-0.15, -0.1) is 6.58 Å². The summed E-state index contributed by atoms with van der Waals surface area (Å²) in [5, 5.41) is 11.3. The number of benzene rings is 2. The Morgan fingerprint density at radius 2 is 2.07 bits per heavy atom. The van der Waals surface area contributed by atoms with Gasteiger partial charge in [-0.05, 0) is 38.3 Å². The zero-order valence-corrected chi connectivity index (χ0v) is 16.0. The quantitative estimate of drug-likeness (QED) is 0.447. The minimum atomic E-state index is -0.518. The van der Waals surface area contributed by atoms with E-state index in [1.807, 2.05) is 6.07 Å². The second-order valence-corrected chi connectivity index (χ2v) is 7.93. The summed E-state index contributed by atoms with van der Waals surface area (Å²) in [5.74, 6) is 0.777. The lowest BCUT2D eigenvalue weighted by Gasteiger charge is -2.49. The van der Waals surface area contributed by atoms with Gasteiger partial charge in [-0.2, -0.15) is 0 Å². The fourth-order valence-electron chi connectivity index (χ4n) is 4.78. The van der Waals surface area contributed by atoms with Gasteiger partial charge in [-0.1, -0.05) is 24.3 Å². The van der Waals surface area contributed by atoms with Crippen molar-refractivity contribution < 1.29 is 9.66 Å². The highest BCUT2D eigenvalue weighted by Gasteiger charge is 2.59. The van der Waals surface area contributed by atoms with Crippen molar-refractivity contribution in [2.45, 2.75) is 44.2 Å². The molecular formula is C22H24N2O3. The van der Waals surface area contributed by atoms with Crippen molar-refractivity contribution in [3.05, 3.63) is 75.9 Å². The average Bonchev–Trinajstić information content (AvgIpc) is 2.81. The predicted molar refractivity (Wildman–Crippen MR) is 107 cm³/mol. The SMILES string of the molecule is C=CCc1cc([N+](=O)[O-])cc2c1OC1(CC2)N(C)c2ccccc2C1(C)C. The van der Waals surface area contributed by atoms with E-state index >= 15 is 0 Å². The van der Waals surface area contributed by atoms with E-state index in [2.05, 4.69) is 50.6 Å². The van der Waals surface area contributed by atoms with Gasteiger partial charge < -0.3 is 9.64 Å². The molecule has 1 spiro atoms. The molecule has 2 aromatic rings. The van der Waals surface area contributed by atoms with Crippen molar-refractivity contribution in [2.75, 3.05) is 11.9 Å².